The third-order valence-corrected chi connectivity index (χ3v) is 4.23. The lowest BCUT2D eigenvalue weighted by atomic mass is 10.1. The molecule has 0 aliphatic rings. The molecule has 3 unspecified atom stereocenters. The second-order valence-electron chi connectivity index (χ2n) is 6.03. The van der Waals surface area contributed by atoms with E-state index in [1.54, 1.807) is 23.5 Å². The van der Waals surface area contributed by atoms with Crippen molar-refractivity contribution in [2.45, 2.75) is 51.2 Å². The van der Waals surface area contributed by atoms with Crippen LogP contribution in [0.5, 0.6) is 0 Å². The van der Waals surface area contributed by atoms with E-state index >= 15 is 0 Å². The van der Waals surface area contributed by atoms with Crippen molar-refractivity contribution >= 4 is 41.4 Å². The molecule has 0 saturated carbocycles. The summed E-state index contributed by atoms with van der Waals surface area (Å²) in [6.45, 7) is 3.89. The average Bonchev–Trinajstić information content (AvgIpc) is 2.57. The zero-order chi connectivity index (χ0) is 22.0. The molecule has 9 nitrogen and oxygen atoms in total. The van der Waals surface area contributed by atoms with E-state index in [0.717, 1.165) is 11.5 Å². The van der Waals surface area contributed by atoms with Crippen molar-refractivity contribution < 1.29 is 29.7 Å². The van der Waals surface area contributed by atoms with Crippen LogP contribution >= 0.6 is 23.5 Å². The Balaban J connectivity index is -0.000000320. The predicted octanol–water partition coefficient (Wildman–Crippen LogP) is 0.747. The van der Waals surface area contributed by atoms with Crippen molar-refractivity contribution in [1.82, 2.24) is 0 Å². The molecule has 0 amide bonds. The van der Waals surface area contributed by atoms with Crippen LogP contribution < -0.4 is 17.2 Å². The first-order chi connectivity index (χ1) is 12.4. The lowest BCUT2D eigenvalue weighted by Crippen LogP contribution is -2.31. The van der Waals surface area contributed by atoms with Crippen molar-refractivity contribution in [3.05, 3.63) is 0 Å². The van der Waals surface area contributed by atoms with Crippen LogP contribution in [-0.4, -0.2) is 75.4 Å². The number of nitrogens with two attached hydrogens (primary N) is 3. The molecule has 27 heavy (non-hydrogen) atoms. The maximum Gasteiger partial charge on any atom is 0.320 e. The van der Waals surface area contributed by atoms with Crippen molar-refractivity contribution in [2.75, 3.05) is 24.0 Å². The third-order valence-electron chi connectivity index (χ3n) is 2.94. The highest BCUT2D eigenvalue weighted by molar-refractivity contribution is 7.98. The molecular formula is C16H35N3O6S2. The van der Waals surface area contributed by atoms with E-state index in [0.29, 0.717) is 25.2 Å². The van der Waals surface area contributed by atoms with Gasteiger partial charge in [-0.2, -0.15) is 23.5 Å². The van der Waals surface area contributed by atoms with Gasteiger partial charge in [0.2, 0.25) is 0 Å². The molecule has 0 aromatic carbocycles. The highest BCUT2D eigenvalue weighted by Crippen LogP contribution is 2.01. The summed E-state index contributed by atoms with van der Waals surface area (Å²) >= 11 is 3.21. The normalized spacial score (nSPS) is 13.3. The number of hydrogen-bond donors (Lipinski definition) is 6. The van der Waals surface area contributed by atoms with Gasteiger partial charge in [0.1, 0.15) is 18.1 Å². The molecule has 0 radical (unpaired) electrons. The van der Waals surface area contributed by atoms with Gasteiger partial charge >= 0.3 is 17.9 Å². The van der Waals surface area contributed by atoms with Crippen LogP contribution in [0.1, 0.15) is 33.1 Å². The van der Waals surface area contributed by atoms with Crippen molar-refractivity contribution in [2.24, 2.45) is 23.1 Å². The second kappa shape index (κ2) is 19.7. The fourth-order valence-electron chi connectivity index (χ4n) is 1.35. The highest BCUT2D eigenvalue weighted by atomic mass is 32.2. The van der Waals surface area contributed by atoms with Gasteiger partial charge in [-0.05, 0) is 49.2 Å². The first-order valence-corrected chi connectivity index (χ1v) is 11.1. The van der Waals surface area contributed by atoms with Gasteiger partial charge < -0.3 is 32.5 Å². The van der Waals surface area contributed by atoms with Gasteiger partial charge in [0, 0.05) is 0 Å². The molecule has 0 spiro atoms. The van der Waals surface area contributed by atoms with E-state index in [1.807, 2.05) is 26.4 Å². The number of hydrogen-bond acceptors (Lipinski definition) is 8. The molecule has 0 fully saturated rings. The second-order valence-corrected chi connectivity index (χ2v) is 8.00. The Morgan fingerprint density at radius 1 is 0.741 bits per heavy atom. The van der Waals surface area contributed by atoms with Crippen LogP contribution in [0.2, 0.25) is 0 Å². The molecule has 3 atom stereocenters. The number of carboxylic acid groups (broad SMARTS) is 3. The zero-order valence-corrected chi connectivity index (χ0v) is 18.1. The van der Waals surface area contributed by atoms with Crippen molar-refractivity contribution in [3.63, 3.8) is 0 Å². The minimum absolute atomic E-state index is 0.357. The Morgan fingerprint density at radius 3 is 1.19 bits per heavy atom. The molecule has 9 N–H and O–H groups in total. The average molecular weight is 430 g/mol. The van der Waals surface area contributed by atoms with Gasteiger partial charge in [0.25, 0.3) is 0 Å². The monoisotopic (exact) mass is 429 g/mol. The fourth-order valence-corrected chi connectivity index (χ4v) is 2.32. The van der Waals surface area contributed by atoms with Crippen LogP contribution in [-0.2, 0) is 14.4 Å². The molecule has 162 valence electrons. The van der Waals surface area contributed by atoms with Gasteiger partial charge in [-0.25, -0.2) is 0 Å². The summed E-state index contributed by atoms with van der Waals surface area (Å²) in [5.41, 5.74) is 15.6. The molecule has 11 heteroatoms. The molecule has 0 bridgehead atoms. The Bertz CT molecular complexity index is 390. The van der Waals surface area contributed by atoms with E-state index in [2.05, 4.69) is 0 Å². The van der Waals surface area contributed by atoms with E-state index < -0.39 is 36.0 Å². The van der Waals surface area contributed by atoms with E-state index in [9.17, 15) is 14.4 Å². The first-order valence-electron chi connectivity index (χ1n) is 8.33. The van der Waals surface area contributed by atoms with E-state index in [-0.39, 0.29) is 0 Å². The minimum atomic E-state index is -0.913. The van der Waals surface area contributed by atoms with Gasteiger partial charge in [-0.1, -0.05) is 13.8 Å². The van der Waals surface area contributed by atoms with Crippen LogP contribution in [0.25, 0.3) is 0 Å². The van der Waals surface area contributed by atoms with Crippen molar-refractivity contribution in [1.29, 1.82) is 0 Å². The molecule has 0 aliphatic carbocycles. The van der Waals surface area contributed by atoms with Gasteiger partial charge in [-0.3, -0.25) is 14.4 Å². The predicted molar refractivity (Wildman–Crippen MR) is 112 cm³/mol. The van der Waals surface area contributed by atoms with Crippen LogP contribution in [0, 0.1) is 5.92 Å². The largest absolute Gasteiger partial charge is 0.480 e. The van der Waals surface area contributed by atoms with E-state index in [1.165, 1.54) is 0 Å². The summed E-state index contributed by atoms with van der Waals surface area (Å²) in [6, 6.07) is -2.06. The maximum absolute atomic E-state index is 10.1. The SMILES string of the molecule is CC(C)CC(N)C(=O)O.CSCCC(N)C(=O)O.CSCCC(N)C(=O)O. The number of aliphatic carboxylic acids is 3. The fraction of sp³-hybridized carbons (Fsp3) is 0.812. The maximum atomic E-state index is 10.1. The third kappa shape index (κ3) is 25.0. The molecule has 0 aliphatic heterocycles. The molecule has 0 rings (SSSR count). The first kappa shape index (κ1) is 30.7. The smallest absolute Gasteiger partial charge is 0.320 e. The lowest BCUT2D eigenvalue weighted by Gasteiger charge is -2.07. The standard InChI is InChI=1S/C6H13NO2.2C5H11NO2S/c1-4(2)3-5(7)6(8)9;2*1-9-3-2-4(6)5(7)8/h4-5H,3,7H2,1-2H3,(H,8,9);2*4H,2-3,6H2,1H3,(H,7,8). The number of thioether (sulfide) groups is 2. The molecule has 0 saturated heterocycles. The Morgan fingerprint density at radius 2 is 1.04 bits per heavy atom. The lowest BCUT2D eigenvalue weighted by molar-refractivity contribution is -0.139. The van der Waals surface area contributed by atoms with Gasteiger partial charge in [-0.15, -0.1) is 0 Å². The van der Waals surface area contributed by atoms with Crippen LogP contribution in [0.15, 0.2) is 0 Å². The van der Waals surface area contributed by atoms with Crippen LogP contribution in [0.4, 0.5) is 0 Å². The Hall–Kier alpha value is -1.01. The Labute approximate surface area is 169 Å². The summed E-state index contributed by atoms with van der Waals surface area (Å²) in [5.74, 6) is -0.756. The summed E-state index contributed by atoms with van der Waals surface area (Å²) in [6.07, 6.45) is 5.51. The van der Waals surface area contributed by atoms with E-state index in [4.69, 9.17) is 32.5 Å². The quantitative estimate of drug-likeness (QED) is 0.271. The topological polar surface area (TPSA) is 190 Å². The van der Waals surface area contributed by atoms with Crippen molar-refractivity contribution in [3.8, 4) is 0 Å². The number of carbonyl (C=O) groups is 3. The summed E-state index contributed by atoms with van der Waals surface area (Å²) in [5, 5.41) is 24.9. The zero-order valence-electron chi connectivity index (χ0n) is 16.5. The highest BCUT2D eigenvalue weighted by Gasteiger charge is 2.12. The van der Waals surface area contributed by atoms with Crippen LogP contribution in [0.3, 0.4) is 0 Å². The molecule has 0 heterocycles. The molecular weight excluding hydrogens is 394 g/mol. The summed E-state index contributed by atoms with van der Waals surface area (Å²) in [4.78, 5) is 30.3. The number of carboxylic acids is 3. The summed E-state index contributed by atoms with van der Waals surface area (Å²) in [7, 11) is 0. The van der Waals surface area contributed by atoms with Gasteiger partial charge in [0.05, 0.1) is 0 Å². The number of rotatable bonds is 11. The molecule has 0 aromatic heterocycles. The molecule has 0 aromatic rings. The Kier molecular flexibility index (Phi) is 22.5. The minimum Gasteiger partial charge on any atom is -0.480 e. The summed E-state index contributed by atoms with van der Waals surface area (Å²) < 4.78 is 0. The van der Waals surface area contributed by atoms with Gasteiger partial charge in [0.15, 0.2) is 0 Å².